The molecule has 0 saturated carbocycles. The second-order valence-corrected chi connectivity index (χ2v) is 8.62. The van der Waals surface area contributed by atoms with Crippen molar-refractivity contribution in [2.45, 2.75) is 110 Å². The number of rotatable bonds is 22. The molecule has 0 fully saturated rings. The van der Waals surface area contributed by atoms with Gasteiger partial charge in [0.15, 0.2) is 0 Å². The molecule has 28 heavy (non-hydrogen) atoms. The molecule has 0 N–H and O–H groups in total. The lowest BCUT2D eigenvalue weighted by Crippen LogP contribution is -2.40. The lowest BCUT2D eigenvalue weighted by molar-refractivity contribution is -0.383. The maximum absolute atomic E-state index is 6.04. The van der Waals surface area contributed by atoms with Gasteiger partial charge in [-0.25, -0.2) is 0 Å². The maximum Gasteiger partial charge on any atom is 0.282 e. The van der Waals surface area contributed by atoms with Gasteiger partial charge < -0.3 is 14.2 Å². The molecule has 0 heterocycles. The fourth-order valence-corrected chi connectivity index (χ4v) is 4.01. The summed E-state index contributed by atoms with van der Waals surface area (Å²) in [6.07, 6.45) is 15.3. The molecule has 170 valence electrons. The molecule has 3 nitrogen and oxygen atoms in total. The first-order chi connectivity index (χ1) is 13.7. The number of unbranched alkanes of at least 4 members (excludes halogenated alkanes) is 6. The Morgan fingerprint density at radius 3 is 1.54 bits per heavy atom. The topological polar surface area (TPSA) is 27.7 Å². The second-order valence-electron chi connectivity index (χ2n) is 7.80. The van der Waals surface area contributed by atoms with Crippen molar-refractivity contribution in [1.29, 1.82) is 0 Å². The van der Waals surface area contributed by atoms with E-state index in [9.17, 15) is 0 Å². The Bertz CT molecular complexity index is 294. The van der Waals surface area contributed by atoms with Gasteiger partial charge in [0.25, 0.3) is 5.97 Å². The summed E-state index contributed by atoms with van der Waals surface area (Å²) in [5.41, 5.74) is 0. The van der Waals surface area contributed by atoms with Gasteiger partial charge in [0, 0.05) is 6.42 Å². The van der Waals surface area contributed by atoms with Gasteiger partial charge in [0.05, 0.1) is 19.8 Å². The summed E-state index contributed by atoms with van der Waals surface area (Å²) in [4.78, 5) is 0. The van der Waals surface area contributed by atoms with E-state index in [1.165, 1.54) is 51.4 Å². The van der Waals surface area contributed by atoms with E-state index in [1.807, 2.05) is 0 Å². The number of hydrogen-bond acceptors (Lipinski definition) is 5. The van der Waals surface area contributed by atoms with Crippen LogP contribution in [-0.4, -0.2) is 37.3 Å². The van der Waals surface area contributed by atoms with E-state index in [1.54, 1.807) is 0 Å². The van der Waals surface area contributed by atoms with Gasteiger partial charge in [0.1, 0.15) is 0 Å². The van der Waals surface area contributed by atoms with Crippen LogP contribution in [0.3, 0.4) is 0 Å². The Hall–Kier alpha value is 0.580. The number of hydrogen-bond donors (Lipinski definition) is 2. The molecule has 0 aliphatic rings. The van der Waals surface area contributed by atoms with Crippen LogP contribution in [-0.2, 0) is 14.2 Å². The predicted molar refractivity (Wildman–Crippen MR) is 129 cm³/mol. The molecule has 5 heteroatoms. The predicted octanol–water partition coefficient (Wildman–Crippen LogP) is 7.30. The minimum absolute atomic E-state index is 0.688. The highest BCUT2D eigenvalue weighted by molar-refractivity contribution is 7.80. The zero-order valence-corrected chi connectivity index (χ0v) is 20.7. The molecule has 1 atom stereocenters. The summed E-state index contributed by atoms with van der Waals surface area (Å²) in [5.74, 6) is 1.92. The lowest BCUT2D eigenvalue weighted by Gasteiger charge is -2.33. The molecular weight excluding hydrogens is 388 g/mol. The van der Waals surface area contributed by atoms with E-state index in [4.69, 9.17) is 14.2 Å². The lowest BCUT2D eigenvalue weighted by atomic mass is 9.99. The van der Waals surface area contributed by atoms with Gasteiger partial charge in [-0.2, -0.15) is 25.3 Å². The SMILES string of the molecule is CCCOC(CCCCCCCCCC(CS)CCS)(OCCC)OCCC. The Morgan fingerprint density at radius 1 is 0.643 bits per heavy atom. The molecule has 0 aromatic heterocycles. The monoisotopic (exact) mass is 436 g/mol. The second kappa shape index (κ2) is 20.8. The van der Waals surface area contributed by atoms with E-state index in [0.29, 0.717) is 19.8 Å². The van der Waals surface area contributed by atoms with E-state index >= 15 is 0 Å². The van der Waals surface area contributed by atoms with Gasteiger partial charge >= 0.3 is 0 Å². The molecule has 0 aliphatic heterocycles. The molecule has 0 spiro atoms. The van der Waals surface area contributed by atoms with Crippen molar-refractivity contribution in [3.05, 3.63) is 0 Å². The van der Waals surface area contributed by atoms with Crippen molar-refractivity contribution >= 4 is 25.3 Å². The molecule has 0 aromatic carbocycles. The van der Waals surface area contributed by atoms with Gasteiger partial charge in [-0.05, 0) is 55.9 Å². The molecular formula is C23H48O3S2. The van der Waals surface area contributed by atoms with Crippen LogP contribution >= 0.6 is 25.3 Å². The largest absolute Gasteiger partial charge is 0.327 e. The van der Waals surface area contributed by atoms with Crippen LogP contribution in [0, 0.1) is 5.92 Å². The zero-order chi connectivity index (χ0) is 20.9. The van der Waals surface area contributed by atoms with Crippen molar-refractivity contribution in [2.75, 3.05) is 31.3 Å². The van der Waals surface area contributed by atoms with Crippen LogP contribution in [0.15, 0.2) is 0 Å². The molecule has 0 amide bonds. The average Bonchev–Trinajstić information content (AvgIpc) is 2.72. The van der Waals surface area contributed by atoms with Crippen LogP contribution in [0.2, 0.25) is 0 Å². The summed E-state index contributed by atoms with van der Waals surface area (Å²) in [5, 5.41) is 0. The normalized spacial score (nSPS) is 13.2. The molecule has 0 radical (unpaired) electrons. The Kier molecular flexibility index (Phi) is 21.3. The van der Waals surface area contributed by atoms with Gasteiger partial charge in [-0.3, -0.25) is 0 Å². The molecule has 0 aromatic rings. The van der Waals surface area contributed by atoms with Crippen molar-refractivity contribution in [3.63, 3.8) is 0 Å². The standard InChI is InChI=1S/C23H48O3S2/c1-4-17-24-23(25-18-5-2,26-19-6-3)16-13-11-9-7-8-10-12-14-22(21-28)15-20-27/h22,27-28H,4-21H2,1-3H3. The third-order valence-corrected chi connectivity index (χ3v) is 5.74. The van der Waals surface area contributed by atoms with E-state index in [2.05, 4.69) is 46.0 Å². The quantitative estimate of drug-likeness (QED) is 0.106. The first kappa shape index (κ1) is 28.6. The molecule has 0 saturated heterocycles. The summed E-state index contributed by atoms with van der Waals surface area (Å²) >= 11 is 8.79. The molecule has 1 unspecified atom stereocenters. The fraction of sp³-hybridized carbons (Fsp3) is 1.00. The third kappa shape index (κ3) is 15.4. The molecule has 0 bridgehead atoms. The summed E-state index contributed by atoms with van der Waals surface area (Å²) in [6, 6.07) is 0. The third-order valence-electron chi connectivity index (χ3n) is 4.97. The summed E-state index contributed by atoms with van der Waals surface area (Å²) in [6.45, 7) is 8.44. The van der Waals surface area contributed by atoms with Crippen LogP contribution in [0.1, 0.15) is 104 Å². The van der Waals surface area contributed by atoms with Gasteiger partial charge in [-0.15, -0.1) is 0 Å². The minimum atomic E-state index is -0.823. The zero-order valence-electron chi connectivity index (χ0n) is 18.9. The highest BCUT2D eigenvalue weighted by atomic mass is 32.1. The van der Waals surface area contributed by atoms with Crippen LogP contribution in [0.5, 0.6) is 0 Å². The van der Waals surface area contributed by atoms with Crippen molar-refractivity contribution in [3.8, 4) is 0 Å². The minimum Gasteiger partial charge on any atom is -0.327 e. The van der Waals surface area contributed by atoms with E-state index in [-0.39, 0.29) is 0 Å². The highest BCUT2D eigenvalue weighted by Crippen LogP contribution is 2.25. The van der Waals surface area contributed by atoms with Gasteiger partial charge in [0.2, 0.25) is 0 Å². The Balaban J connectivity index is 4.01. The Morgan fingerprint density at radius 2 is 1.11 bits per heavy atom. The number of ether oxygens (including phenoxy) is 3. The average molecular weight is 437 g/mol. The van der Waals surface area contributed by atoms with Crippen molar-refractivity contribution in [2.24, 2.45) is 5.92 Å². The molecule has 0 rings (SSSR count). The maximum atomic E-state index is 6.04. The molecule has 0 aliphatic carbocycles. The highest BCUT2D eigenvalue weighted by Gasteiger charge is 2.32. The summed E-state index contributed by atoms with van der Waals surface area (Å²) < 4.78 is 18.1. The van der Waals surface area contributed by atoms with E-state index < -0.39 is 5.97 Å². The van der Waals surface area contributed by atoms with Crippen molar-refractivity contribution in [1.82, 2.24) is 0 Å². The summed E-state index contributed by atoms with van der Waals surface area (Å²) in [7, 11) is 0. The van der Waals surface area contributed by atoms with Crippen LogP contribution in [0.25, 0.3) is 0 Å². The number of thiol groups is 2. The smallest absolute Gasteiger partial charge is 0.282 e. The first-order valence-electron chi connectivity index (χ1n) is 11.8. The van der Waals surface area contributed by atoms with Crippen LogP contribution < -0.4 is 0 Å². The van der Waals surface area contributed by atoms with Crippen LogP contribution in [0.4, 0.5) is 0 Å². The van der Waals surface area contributed by atoms with Crippen molar-refractivity contribution < 1.29 is 14.2 Å². The van der Waals surface area contributed by atoms with Gasteiger partial charge in [-0.1, -0.05) is 59.3 Å². The Labute approximate surface area is 186 Å². The van der Waals surface area contributed by atoms with E-state index in [0.717, 1.165) is 49.5 Å². The fourth-order valence-electron chi connectivity index (χ4n) is 3.28. The first-order valence-corrected chi connectivity index (χ1v) is 13.1.